The molecule has 6 nitrogen and oxygen atoms in total. The molecule has 1 heterocycles. The molecule has 4 aromatic rings. The predicted molar refractivity (Wildman–Crippen MR) is 129 cm³/mol. The molecule has 0 unspecified atom stereocenters. The fourth-order valence-electron chi connectivity index (χ4n) is 3.66. The first-order valence-corrected chi connectivity index (χ1v) is 10.5. The highest BCUT2D eigenvalue weighted by Crippen LogP contribution is 2.39. The van der Waals surface area contributed by atoms with E-state index in [4.69, 9.17) is 23.4 Å². The van der Waals surface area contributed by atoms with Crippen LogP contribution in [-0.2, 0) is 0 Å². The SMILES string of the molecule is COc1cc2oc(C(=O)c3cc(OC)c(OC)c(OC)c3)cc2cc1C#Cc1cccc(C)c1. The molecule has 0 aliphatic carbocycles. The average molecular weight is 456 g/mol. The smallest absolute Gasteiger partial charge is 0.228 e. The monoisotopic (exact) mass is 456 g/mol. The van der Waals surface area contributed by atoms with E-state index in [1.54, 1.807) is 31.4 Å². The van der Waals surface area contributed by atoms with Crippen LogP contribution in [0.25, 0.3) is 11.0 Å². The summed E-state index contributed by atoms with van der Waals surface area (Å²) < 4.78 is 27.4. The number of furan rings is 1. The van der Waals surface area contributed by atoms with Crippen LogP contribution in [0.15, 0.2) is 59.0 Å². The molecule has 4 rings (SSSR count). The molecule has 0 bridgehead atoms. The number of methoxy groups -OCH3 is 4. The van der Waals surface area contributed by atoms with E-state index in [2.05, 4.69) is 11.8 Å². The van der Waals surface area contributed by atoms with Gasteiger partial charge < -0.3 is 23.4 Å². The summed E-state index contributed by atoms with van der Waals surface area (Å²) in [4.78, 5) is 13.2. The molecule has 0 radical (unpaired) electrons. The minimum atomic E-state index is -0.318. The van der Waals surface area contributed by atoms with Gasteiger partial charge in [-0.1, -0.05) is 24.0 Å². The third-order valence-electron chi connectivity index (χ3n) is 5.35. The second-order valence-electron chi connectivity index (χ2n) is 7.56. The van der Waals surface area contributed by atoms with Gasteiger partial charge in [0.25, 0.3) is 0 Å². The van der Waals surface area contributed by atoms with Crippen molar-refractivity contribution in [1.29, 1.82) is 0 Å². The van der Waals surface area contributed by atoms with Gasteiger partial charge in [-0.3, -0.25) is 4.79 Å². The van der Waals surface area contributed by atoms with Gasteiger partial charge >= 0.3 is 0 Å². The first-order valence-electron chi connectivity index (χ1n) is 10.5. The molecular weight excluding hydrogens is 432 g/mol. The van der Waals surface area contributed by atoms with Crippen LogP contribution in [0, 0.1) is 18.8 Å². The Morgan fingerprint density at radius 3 is 2.12 bits per heavy atom. The van der Waals surface area contributed by atoms with Gasteiger partial charge in [-0.15, -0.1) is 0 Å². The Balaban J connectivity index is 1.74. The number of carbonyl (C=O) groups is 1. The minimum Gasteiger partial charge on any atom is -0.495 e. The predicted octanol–water partition coefficient (Wildman–Crippen LogP) is 5.41. The molecular formula is C28H24O6. The zero-order chi connectivity index (χ0) is 24.2. The number of ether oxygens (including phenoxy) is 4. The van der Waals surface area contributed by atoms with Crippen molar-refractivity contribution in [2.24, 2.45) is 0 Å². The van der Waals surface area contributed by atoms with Crippen LogP contribution < -0.4 is 18.9 Å². The number of benzene rings is 3. The Kier molecular flexibility index (Phi) is 6.46. The second kappa shape index (κ2) is 9.63. The third kappa shape index (κ3) is 4.41. The molecule has 0 amide bonds. The topological polar surface area (TPSA) is 67.1 Å². The van der Waals surface area contributed by atoms with Gasteiger partial charge in [-0.05, 0) is 48.9 Å². The Bertz CT molecular complexity index is 1410. The molecule has 0 saturated carbocycles. The lowest BCUT2D eigenvalue weighted by atomic mass is 10.1. The normalized spacial score (nSPS) is 10.4. The summed E-state index contributed by atoms with van der Waals surface area (Å²) in [5.41, 5.74) is 3.62. The average Bonchev–Trinajstić information content (AvgIpc) is 3.28. The molecule has 0 N–H and O–H groups in total. The fourth-order valence-corrected chi connectivity index (χ4v) is 3.66. The van der Waals surface area contributed by atoms with Crippen molar-refractivity contribution >= 4 is 16.8 Å². The maximum atomic E-state index is 13.2. The van der Waals surface area contributed by atoms with E-state index in [9.17, 15) is 4.79 Å². The van der Waals surface area contributed by atoms with Gasteiger partial charge in [-0.2, -0.15) is 0 Å². The Morgan fingerprint density at radius 2 is 1.50 bits per heavy atom. The van der Waals surface area contributed by atoms with Crippen molar-refractivity contribution in [2.45, 2.75) is 6.92 Å². The number of carbonyl (C=O) groups excluding carboxylic acids is 1. The quantitative estimate of drug-likeness (QED) is 0.286. The molecule has 0 spiro atoms. The van der Waals surface area contributed by atoms with Gasteiger partial charge in [0.2, 0.25) is 11.5 Å². The first kappa shape index (κ1) is 22.8. The summed E-state index contributed by atoms with van der Waals surface area (Å²) in [6.07, 6.45) is 0. The lowest BCUT2D eigenvalue weighted by Crippen LogP contribution is -2.03. The number of hydrogen-bond donors (Lipinski definition) is 0. The zero-order valence-electron chi connectivity index (χ0n) is 19.6. The molecule has 0 saturated heterocycles. The van der Waals surface area contributed by atoms with E-state index in [-0.39, 0.29) is 11.5 Å². The number of aryl methyl sites for hydroxylation is 1. The lowest BCUT2D eigenvalue weighted by Gasteiger charge is -2.13. The second-order valence-corrected chi connectivity index (χ2v) is 7.56. The fraction of sp³-hybridized carbons (Fsp3) is 0.179. The van der Waals surface area contributed by atoms with Crippen LogP contribution in [0.4, 0.5) is 0 Å². The Labute approximate surface area is 198 Å². The summed E-state index contributed by atoms with van der Waals surface area (Å²) >= 11 is 0. The highest BCUT2D eigenvalue weighted by atomic mass is 16.5. The Hall–Kier alpha value is -4.37. The van der Waals surface area contributed by atoms with Crippen molar-refractivity contribution in [3.63, 3.8) is 0 Å². The largest absolute Gasteiger partial charge is 0.495 e. The minimum absolute atomic E-state index is 0.176. The number of rotatable bonds is 6. The molecule has 6 heteroatoms. The van der Waals surface area contributed by atoms with Crippen molar-refractivity contribution in [3.05, 3.63) is 82.6 Å². The Morgan fingerprint density at radius 1 is 0.794 bits per heavy atom. The summed E-state index contributed by atoms with van der Waals surface area (Å²) in [6.45, 7) is 2.02. The van der Waals surface area contributed by atoms with Gasteiger partial charge in [0, 0.05) is 22.6 Å². The summed E-state index contributed by atoms with van der Waals surface area (Å²) in [7, 11) is 6.08. The van der Waals surface area contributed by atoms with Crippen LogP contribution in [0.1, 0.15) is 32.8 Å². The summed E-state index contributed by atoms with van der Waals surface area (Å²) in [5, 5.41) is 0.741. The van der Waals surface area contributed by atoms with E-state index in [1.165, 1.54) is 21.3 Å². The van der Waals surface area contributed by atoms with Crippen molar-refractivity contribution in [3.8, 4) is 34.8 Å². The summed E-state index contributed by atoms with van der Waals surface area (Å²) in [5.74, 6) is 7.93. The van der Waals surface area contributed by atoms with E-state index in [1.807, 2.05) is 37.3 Å². The number of hydrogen-bond acceptors (Lipinski definition) is 6. The summed E-state index contributed by atoms with van der Waals surface area (Å²) in [6, 6.07) is 16.4. The molecule has 0 fully saturated rings. The standard InChI is InChI=1S/C28H24O6/c1-17-7-6-8-18(11-17)9-10-19-12-20-13-24(34-23(20)16-22(19)30-2)27(29)21-14-25(31-3)28(33-5)26(15-21)32-4/h6-8,11-16H,1-5H3. The van der Waals surface area contributed by atoms with E-state index in [0.717, 1.165) is 16.5 Å². The first-order chi connectivity index (χ1) is 16.5. The van der Waals surface area contributed by atoms with Crippen molar-refractivity contribution in [2.75, 3.05) is 28.4 Å². The lowest BCUT2D eigenvalue weighted by molar-refractivity contribution is 0.101. The highest BCUT2D eigenvalue weighted by Gasteiger charge is 2.21. The van der Waals surface area contributed by atoms with E-state index in [0.29, 0.717) is 39.7 Å². The van der Waals surface area contributed by atoms with Gasteiger partial charge in [0.05, 0.1) is 34.0 Å². The van der Waals surface area contributed by atoms with Crippen molar-refractivity contribution < 1.29 is 28.2 Å². The maximum Gasteiger partial charge on any atom is 0.228 e. The van der Waals surface area contributed by atoms with Crippen LogP contribution in [-0.4, -0.2) is 34.2 Å². The van der Waals surface area contributed by atoms with Crippen molar-refractivity contribution in [1.82, 2.24) is 0 Å². The number of fused-ring (bicyclic) bond motifs is 1. The van der Waals surface area contributed by atoms with E-state index >= 15 is 0 Å². The number of ketones is 1. The van der Waals surface area contributed by atoms with Gasteiger partial charge in [0.15, 0.2) is 17.3 Å². The molecule has 0 atom stereocenters. The molecule has 0 aliphatic heterocycles. The van der Waals surface area contributed by atoms with Gasteiger partial charge in [-0.25, -0.2) is 0 Å². The molecule has 3 aromatic carbocycles. The molecule has 172 valence electrons. The van der Waals surface area contributed by atoms with Crippen LogP contribution in [0.2, 0.25) is 0 Å². The molecule has 0 aliphatic rings. The molecule has 34 heavy (non-hydrogen) atoms. The van der Waals surface area contributed by atoms with Crippen LogP contribution in [0.3, 0.4) is 0 Å². The maximum absolute atomic E-state index is 13.2. The van der Waals surface area contributed by atoms with Crippen LogP contribution >= 0.6 is 0 Å². The molecule has 1 aromatic heterocycles. The zero-order valence-corrected chi connectivity index (χ0v) is 19.6. The van der Waals surface area contributed by atoms with Crippen LogP contribution in [0.5, 0.6) is 23.0 Å². The van der Waals surface area contributed by atoms with Gasteiger partial charge in [0.1, 0.15) is 11.3 Å². The third-order valence-corrected chi connectivity index (χ3v) is 5.35. The highest BCUT2D eigenvalue weighted by molar-refractivity contribution is 6.09. The van der Waals surface area contributed by atoms with E-state index < -0.39 is 0 Å².